The quantitative estimate of drug-likeness (QED) is 0.784. The summed E-state index contributed by atoms with van der Waals surface area (Å²) in [4.78, 5) is 3.82. The van der Waals surface area contributed by atoms with Gasteiger partial charge in [-0.05, 0) is 12.1 Å². The minimum absolute atomic E-state index is 0.223. The average Bonchev–Trinajstić information content (AvgIpc) is 2.79. The lowest BCUT2D eigenvalue weighted by Crippen LogP contribution is -2.03. The van der Waals surface area contributed by atoms with Gasteiger partial charge in [0.2, 0.25) is 5.82 Å². The number of aromatic nitrogens is 2. The van der Waals surface area contributed by atoms with Crippen molar-refractivity contribution in [1.82, 2.24) is 9.55 Å². The minimum atomic E-state index is -0.457. The molecule has 2 aromatic rings. The Kier molecular flexibility index (Phi) is 2.85. The summed E-state index contributed by atoms with van der Waals surface area (Å²) in [5.74, 6) is -0.226. The fourth-order valence-electron chi connectivity index (χ4n) is 1.48. The molecular weight excluding hydrogens is 219 g/mol. The van der Waals surface area contributed by atoms with Gasteiger partial charge in [-0.2, -0.15) is 10.5 Å². The van der Waals surface area contributed by atoms with Crippen molar-refractivity contribution in [3.05, 3.63) is 53.4 Å². The summed E-state index contributed by atoms with van der Waals surface area (Å²) < 4.78 is 15.1. The molecule has 0 amide bonds. The second-order valence-electron chi connectivity index (χ2n) is 3.41. The molecule has 2 rings (SSSR count). The van der Waals surface area contributed by atoms with Crippen LogP contribution in [0.25, 0.3) is 0 Å². The average molecular weight is 226 g/mol. The first-order valence-electron chi connectivity index (χ1n) is 4.84. The summed E-state index contributed by atoms with van der Waals surface area (Å²) >= 11 is 0. The number of rotatable bonds is 2. The van der Waals surface area contributed by atoms with Crippen molar-refractivity contribution in [2.24, 2.45) is 0 Å². The van der Waals surface area contributed by atoms with E-state index in [2.05, 4.69) is 4.98 Å². The van der Waals surface area contributed by atoms with Gasteiger partial charge in [0, 0.05) is 18.0 Å². The van der Waals surface area contributed by atoms with Gasteiger partial charge in [-0.15, -0.1) is 0 Å². The molecule has 4 nitrogen and oxygen atoms in total. The molecule has 17 heavy (non-hydrogen) atoms. The monoisotopic (exact) mass is 226 g/mol. The highest BCUT2D eigenvalue weighted by Gasteiger charge is 2.07. The van der Waals surface area contributed by atoms with Gasteiger partial charge in [-0.1, -0.05) is 6.07 Å². The van der Waals surface area contributed by atoms with Crippen LogP contribution in [0, 0.1) is 28.5 Å². The molecule has 1 aromatic carbocycles. The molecule has 0 atom stereocenters. The highest BCUT2D eigenvalue weighted by Crippen LogP contribution is 2.12. The maximum absolute atomic E-state index is 13.6. The maximum atomic E-state index is 13.6. The van der Waals surface area contributed by atoms with Crippen LogP contribution in [0.4, 0.5) is 4.39 Å². The third kappa shape index (κ3) is 2.14. The number of hydrogen-bond donors (Lipinski definition) is 0. The summed E-state index contributed by atoms with van der Waals surface area (Å²) in [6.45, 7) is 0.223. The van der Waals surface area contributed by atoms with Crippen LogP contribution in [0.15, 0.2) is 30.6 Å². The lowest BCUT2D eigenvalue weighted by Gasteiger charge is -2.05. The van der Waals surface area contributed by atoms with Gasteiger partial charge in [-0.3, -0.25) is 0 Å². The van der Waals surface area contributed by atoms with Crippen LogP contribution in [0.2, 0.25) is 0 Å². The van der Waals surface area contributed by atoms with E-state index in [-0.39, 0.29) is 17.9 Å². The Morgan fingerprint density at radius 3 is 2.76 bits per heavy atom. The molecule has 0 radical (unpaired) electrons. The number of imidazole rings is 1. The van der Waals surface area contributed by atoms with Gasteiger partial charge in [0.15, 0.2) is 0 Å². The molecule has 0 aliphatic heterocycles. The van der Waals surface area contributed by atoms with E-state index in [0.29, 0.717) is 5.56 Å². The molecule has 1 aromatic heterocycles. The van der Waals surface area contributed by atoms with E-state index in [1.165, 1.54) is 18.3 Å². The number of hydrogen-bond acceptors (Lipinski definition) is 3. The van der Waals surface area contributed by atoms with Crippen LogP contribution in [0.5, 0.6) is 0 Å². The Hall–Kier alpha value is -2.66. The van der Waals surface area contributed by atoms with E-state index in [1.54, 1.807) is 16.8 Å². The first-order valence-corrected chi connectivity index (χ1v) is 4.84. The van der Waals surface area contributed by atoms with Crippen LogP contribution in [0.3, 0.4) is 0 Å². The largest absolute Gasteiger partial charge is 0.318 e. The van der Waals surface area contributed by atoms with E-state index in [4.69, 9.17) is 10.5 Å². The Labute approximate surface area is 97.2 Å². The lowest BCUT2D eigenvalue weighted by molar-refractivity contribution is 0.598. The van der Waals surface area contributed by atoms with Crippen molar-refractivity contribution in [2.45, 2.75) is 6.54 Å². The number of nitrogens with zero attached hydrogens (tertiary/aromatic N) is 4. The van der Waals surface area contributed by atoms with Crippen LogP contribution in [-0.2, 0) is 6.54 Å². The molecule has 0 bridgehead atoms. The lowest BCUT2D eigenvalue weighted by atomic mass is 10.1. The number of halogens is 1. The number of nitriles is 2. The molecule has 5 heteroatoms. The maximum Gasteiger partial charge on any atom is 0.213 e. The van der Waals surface area contributed by atoms with Gasteiger partial charge in [0.1, 0.15) is 11.9 Å². The van der Waals surface area contributed by atoms with Crippen molar-refractivity contribution in [3.8, 4) is 12.1 Å². The third-order valence-electron chi connectivity index (χ3n) is 2.34. The summed E-state index contributed by atoms with van der Waals surface area (Å²) in [7, 11) is 0. The number of benzene rings is 1. The zero-order valence-corrected chi connectivity index (χ0v) is 8.76. The van der Waals surface area contributed by atoms with Crippen molar-refractivity contribution in [3.63, 3.8) is 0 Å². The smallest absolute Gasteiger partial charge is 0.213 e. The first kappa shape index (κ1) is 10.8. The van der Waals surface area contributed by atoms with Crippen molar-refractivity contribution in [2.75, 3.05) is 0 Å². The molecule has 1 heterocycles. The van der Waals surface area contributed by atoms with E-state index in [0.717, 1.165) is 0 Å². The summed E-state index contributed by atoms with van der Waals surface area (Å²) in [6.07, 6.45) is 3.09. The third-order valence-corrected chi connectivity index (χ3v) is 2.34. The Morgan fingerprint density at radius 1 is 1.29 bits per heavy atom. The Bertz CT molecular complexity index is 631. The van der Waals surface area contributed by atoms with Crippen LogP contribution < -0.4 is 0 Å². The second-order valence-corrected chi connectivity index (χ2v) is 3.41. The summed E-state index contributed by atoms with van der Waals surface area (Å²) in [6, 6.07) is 8.04. The molecule has 82 valence electrons. The van der Waals surface area contributed by atoms with Crippen molar-refractivity contribution < 1.29 is 4.39 Å². The topological polar surface area (TPSA) is 65.4 Å². The van der Waals surface area contributed by atoms with E-state index < -0.39 is 5.82 Å². The molecule has 0 N–H and O–H groups in total. The van der Waals surface area contributed by atoms with Gasteiger partial charge in [0.05, 0.1) is 18.2 Å². The molecule has 0 fully saturated rings. The first-order chi connectivity index (χ1) is 8.24. The minimum Gasteiger partial charge on any atom is -0.318 e. The van der Waals surface area contributed by atoms with Crippen LogP contribution in [-0.4, -0.2) is 9.55 Å². The Balaban J connectivity index is 2.32. The van der Waals surface area contributed by atoms with E-state index in [1.807, 2.05) is 12.1 Å². The van der Waals surface area contributed by atoms with Crippen LogP contribution >= 0.6 is 0 Å². The standard InChI is InChI=1S/C12H7FN4/c13-11-5-9(6-14)1-2-10(11)8-17-4-3-16-12(17)7-15/h1-5H,8H2. The van der Waals surface area contributed by atoms with Crippen molar-refractivity contribution in [1.29, 1.82) is 10.5 Å². The van der Waals surface area contributed by atoms with Gasteiger partial charge < -0.3 is 4.57 Å². The fourth-order valence-corrected chi connectivity index (χ4v) is 1.48. The molecular formula is C12H7FN4. The Morgan fingerprint density at radius 2 is 2.12 bits per heavy atom. The summed E-state index contributed by atoms with van der Waals surface area (Å²) in [5.41, 5.74) is 0.691. The highest BCUT2D eigenvalue weighted by molar-refractivity contribution is 5.33. The molecule has 0 aliphatic carbocycles. The molecule has 0 spiro atoms. The van der Waals surface area contributed by atoms with E-state index >= 15 is 0 Å². The normalized spacial score (nSPS) is 9.59. The van der Waals surface area contributed by atoms with E-state index in [9.17, 15) is 4.39 Å². The molecule has 0 saturated heterocycles. The van der Waals surface area contributed by atoms with Gasteiger partial charge in [0.25, 0.3) is 0 Å². The predicted octanol–water partition coefficient (Wildman–Crippen LogP) is 1.81. The zero-order chi connectivity index (χ0) is 12.3. The molecule has 0 saturated carbocycles. The SMILES string of the molecule is N#Cc1ccc(Cn2ccnc2C#N)c(F)c1. The second kappa shape index (κ2) is 4.46. The van der Waals surface area contributed by atoms with Crippen LogP contribution in [0.1, 0.15) is 17.0 Å². The van der Waals surface area contributed by atoms with Gasteiger partial charge >= 0.3 is 0 Å². The highest BCUT2D eigenvalue weighted by atomic mass is 19.1. The molecule has 0 unspecified atom stereocenters. The fraction of sp³-hybridized carbons (Fsp3) is 0.0833. The van der Waals surface area contributed by atoms with Crippen molar-refractivity contribution >= 4 is 0 Å². The predicted molar refractivity (Wildman–Crippen MR) is 57.2 cm³/mol. The molecule has 0 aliphatic rings. The summed E-state index contributed by atoms with van der Waals surface area (Å²) in [5, 5.41) is 17.4. The van der Waals surface area contributed by atoms with Gasteiger partial charge in [-0.25, -0.2) is 9.37 Å². The zero-order valence-electron chi connectivity index (χ0n) is 8.76.